The SMILES string of the molecule is COC(=O)C1(c2cc(F)cc(C#N)c2)CC1. The summed E-state index contributed by atoms with van der Waals surface area (Å²) in [6.07, 6.45) is 1.29. The minimum absolute atomic E-state index is 0.227. The second kappa shape index (κ2) is 3.60. The normalized spacial score (nSPS) is 16.3. The van der Waals surface area contributed by atoms with Crippen molar-refractivity contribution in [3.05, 3.63) is 35.1 Å². The zero-order valence-corrected chi connectivity index (χ0v) is 8.79. The molecule has 0 spiro atoms. The number of hydrogen-bond donors (Lipinski definition) is 0. The molecule has 1 aliphatic carbocycles. The number of hydrogen-bond acceptors (Lipinski definition) is 3. The van der Waals surface area contributed by atoms with Crippen LogP contribution in [-0.2, 0) is 14.9 Å². The first-order chi connectivity index (χ1) is 7.62. The minimum Gasteiger partial charge on any atom is -0.468 e. The van der Waals surface area contributed by atoms with Crippen LogP contribution < -0.4 is 0 Å². The Morgan fingerprint density at radius 3 is 2.69 bits per heavy atom. The molecule has 2 rings (SSSR count). The third-order valence-corrected chi connectivity index (χ3v) is 2.91. The third-order valence-electron chi connectivity index (χ3n) is 2.91. The largest absolute Gasteiger partial charge is 0.468 e. The number of halogens is 1. The van der Waals surface area contributed by atoms with Crippen LogP contribution >= 0.6 is 0 Å². The van der Waals surface area contributed by atoms with Crippen molar-refractivity contribution in [2.24, 2.45) is 0 Å². The van der Waals surface area contributed by atoms with Crippen LogP contribution in [0.1, 0.15) is 24.0 Å². The predicted molar refractivity (Wildman–Crippen MR) is 54.0 cm³/mol. The summed E-state index contributed by atoms with van der Waals surface area (Å²) >= 11 is 0. The van der Waals surface area contributed by atoms with Crippen LogP contribution in [0.15, 0.2) is 18.2 Å². The van der Waals surface area contributed by atoms with Gasteiger partial charge in [-0.3, -0.25) is 4.79 Å². The average Bonchev–Trinajstić information content (AvgIpc) is 3.08. The summed E-state index contributed by atoms with van der Waals surface area (Å²) in [5.74, 6) is -0.855. The van der Waals surface area contributed by atoms with E-state index in [9.17, 15) is 9.18 Å². The number of methoxy groups -OCH3 is 1. The second-order valence-corrected chi connectivity index (χ2v) is 3.91. The molecule has 0 atom stereocenters. The van der Waals surface area contributed by atoms with Crippen molar-refractivity contribution >= 4 is 5.97 Å². The van der Waals surface area contributed by atoms with E-state index < -0.39 is 11.2 Å². The fourth-order valence-electron chi connectivity index (χ4n) is 1.86. The molecular formula is C12H10FNO2. The van der Waals surface area contributed by atoms with Gasteiger partial charge < -0.3 is 4.74 Å². The predicted octanol–water partition coefficient (Wildman–Crippen LogP) is 1.90. The molecule has 0 N–H and O–H groups in total. The molecule has 1 saturated carbocycles. The molecule has 1 aliphatic rings. The Kier molecular flexibility index (Phi) is 2.39. The highest BCUT2D eigenvalue weighted by Gasteiger charge is 2.52. The molecule has 16 heavy (non-hydrogen) atoms. The maximum Gasteiger partial charge on any atom is 0.316 e. The molecule has 0 saturated heterocycles. The zero-order chi connectivity index (χ0) is 11.8. The van der Waals surface area contributed by atoms with Gasteiger partial charge in [0.25, 0.3) is 0 Å². The average molecular weight is 219 g/mol. The molecule has 0 unspecified atom stereocenters. The molecule has 82 valence electrons. The van der Waals surface area contributed by atoms with Gasteiger partial charge in [0.05, 0.1) is 24.2 Å². The molecule has 3 nitrogen and oxygen atoms in total. The summed E-state index contributed by atoms with van der Waals surface area (Å²) in [6, 6.07) is 5.87. The Morgan fingerprint density at radius 2 is 2.19 bits per heavy atom. The lowest BCUT2D eigenvalue weighted by atomic mass is 9.94. The summed E-state index contributed by atoms with van der Waals surface area (Å²) in [5, 5.41) is 8.74. The number of carbonyl (C=O) groups is 1. The van der Waals surface area contributed by atoms with Crippen molar-refractivity contribution in [3.63, 3.8) is 0 Å². The molecule has 1 fully saturated rings. The van der Waals surface area contributed by atoms with Gasteiger partial charge in [-0.25, -0.2) is 4.39 Å². The van der Waals surface area contributed by atoms with Gasteiger partial charge in [0.15, 0.2) is 0 Å². The first-order valence-electron chi connectivity index (χ1n) is 4.92. The second-order valence-electron chi connectivity index (χ2n) is 3.91. The molecule has 0 aromatic heterocycles. The van der Waals surface area contributed by atoms with Crippen LogP contribution in [0.5, 0.6) is 0 Å². The van der Waals surface area contributed by atoms with E-state index in [2.05, 4.69) is 0 Å². The zero-order valence-electron chi connectivity index (χ0n) is 8.79. The van der Waals surface area contributed by atoms with E-state index in [0.717, 1.165) is 6.07 Å². The smallest absolute Gasteiger partial charge is 0.316 e. The van der Waals surface area contributed by atoms with E-state index in [0.29, 0.717) is 18.4 Å². The van der Waals surface area contributed by atoms with Gasteiger partial charge in [-0.15, -0.1) is 0 Å². The fraction of sp³-hybridized carbons (Fsp3) is 0.333. The van der Waals surface area contributed by atoms with E-state index in [1.807, 2.05) is 6.07 Å². The van der Waals surface area contributed by atoms with Crippen molar-refractivity contribution in [2.75, 3.05) is 7.11 Å². The standard InChI is InChI=1S/C12H10FNO2/c1-16-11(15)12(2-3-12)9-4-8(7-14)5-10(13)6-9/h4-6H,2-3H2,1H3. The van der Waals surface area contributed by atoms with Crippen LogP contribution in [0, 0.1) is 17.1 Å². The van der Waals surface area contributed by atoms with Gasteiger partial charge in [0, 0.05) is 0 Å². The lowest BCUT2D eigenvalue weighted by Crippen LogP contribution is -2.22. The van der Waals surface area contributed by atoms with E-state index in [1.54, 1.807) is 6.07 Å². The van der Waals surface area contributed by atoms with Crippen LogP contribution in [0.3, 0.4) is 0 Å². The summed E-state index contributed by atoms with van der Waals surface area (Å²) in [7, 11) is 1.31. The number of ether oxygens (including phenoxy) is 1. The monoisotopic (exact) mass is 219 g/mol. The first kappa shape index (κ1) is 10.6. The first-order valence-corrected chi connectivity index (χ1v) is 4.92. The quantitative estimate of drug-likeness (QED) is 0.714. The van der Waals surface area contributed by atoms with Gasteiger partial charge in [0.2, 0.25) is 0 Å². The van der Waals surface area contributed by atoms with Gasteiger partial charge in [-0.1, -0.05) is 0 Å². The summed E-state index contributed by atoms with van der Waals surface area (Å²) in [6.45, 7) is 0. The van der Waals surface area contributed by atoms with Gasteiger partial charge >= 0.3 is 5.97 Å². The Bertz CT molecular complexity index is 486. The van der Waals surface area contributed by atoms with Crippen molar-refractivity contribution in [3.8, 4) is 6.07 Å². The molecule has 1 aromatic carbocycles. The lowest BCUT2D eigenvalue weighted by molar-refractivity contribution is -0.143. The number of rotatable bonds is 2. The summed E-state index contributed by atoms with van der Waals surface area (Å²) in [5.41, 5.74) is 0.0451. The summed E-state index contributed by atoms with van der Waals surface area (Å²) < 4.78 is 17.9. The van der Waals surface area contributed by atoms with Crippen LogP contribution in [0.2, 0.25) is 0 Å². The van der Waals surface area contributed by atoms with Crippen LogP contribution in [0.25, 0.3) is 0 Å². The highest BCUT2D eigenvalue weighted by molar-refractivity contribution is 5.86. The lowest BCUT2D eigenvalue weighted by Gasteiger charge is -2.13. The van der Waals surface area contributed by atoms with Gasteiger partial charge in [-0.2, -0.15) is 5.26 Å². The van der Waals surface area contributed by atoms with Gasteiger partial charge in [0.1, 0.15) is 5.82 Å². The number of benzene rings is 1. The molecule has 4 heteroatoms. The van der Waals surface area contributed by atoms with Gasteiger partial charge in [-0.05, 0) is 36.6 Å². The minimum atomic E-state index is -0.720. The van der Waals surface area contributed by atoms with Crippen LogP contribution in [0.4, 0.5) is 4.39 Å². The topological polar surface area (TPSA) is 50.1 Å². The Balaban J connectivity index is 2.45. The van der Waals surface area contributed by atoms with E-state index in [-0.39, 0.29) is 11.5 Å². The maximum absolute atomic E-state index is 13.2. The maximum atomic E-state index is 13.2. The number of nitriles is 1. The highest BCUT2D eigenvalue weighted by Crippen LogP contribution is 2.49. The Morgan fingerprint density at radius 1 is 1.50 bits per heavy atom. The number of nitrogens with zero attached hydrogens (tertiary/aromatic N) is 1. The molecular weight excluding hydrogens is 209 g/mol. The van der Waals surface area contributed by atoms with E-state index in [1.165, 1.54) is 13.2 Å². The molecule has 0 radical (unpaired) electrons. The molecule has 0 amide bonds. The van der Waals surface area contributed by atoms with E-state index >= 15 is 0 Å². The molecule has 1 aromatic rings. The molecule has 0 heterocycles. The molecule has 0 aliphatic heterocycles. The number of esters is 1. The number of carbonyl (C=O) groups excluding carboxylic acids is 1. The van der Waals surface area contributed by atoms with Crippen molar-refractivity contribution in [1.29, 1.82) is 5.26 Å². The van der Waals surface area contributed by atoms with Crippen molar-refractivity contribution in [2.45, 2.75) is 18.3 Å². The van der Waals surface area contributed by atoms with Crippen molar-refractivity contribution in [1.82, 2.24) is 0 Å². The Hall–Kier alpha value is -1.89. The highest BCUT2D eigenvalue weighted by atomic mass is 19.1. The van der Waals surface area contributed by atoms with Crippen LogP contribution in [-0.4, -0.2) is 13.1 Å². The fourth-order valence-corrected chi connectivity index (χ4v) is 1.86. The van der Waals surface area contributed by atoms with E-state index in [4.69, 9.17) is 10.00 Å². The Labute approximate surface area is 92.4 Å². The van der Waals surface area contributed by atoms with Crippen molar-refractivity contribution < 1.29 is 13.9 Å². The molecule has 0 bridgehead atoms. The summed E-state index contributed by atoms with van der Waals surface area (Å²) in [4.78, 5) is 11.6. The third kappa shape index (κ3) is 1.54.